The fraction of sp³-hybridized carbons (Fsp3) is 0.158. The van der Waals surface area contributed by atoms with Crippen molar-refractivity contribution in [3.63, 3.8) is 0 Å². The van der Waals surface area contributed by atoms with Gasteiger partial charge in [-0.05, 0) is 42.5 Å². The Morgan fingerprint density at radius 3 is 2.43 bits per heavy atom. The van der Waals surface area contributed by atoms with Crippen molar-refractivity contribution < 1.29 is 22.7 Å². The molecule has 0 unspecified atom stereocenters. The van der Waals surface area contributed by atoms with Crippen LogP contribution in [-0.2, 0) is 6.42 Å². The zero-order chi connectivity index (χ0) is 20.0. The molecular weight excluding hydrogens is 373 g/mol. The highest BCUT2D eigenvalue weighted by Gasteiger charge is 2.30. The first kappa shape index (κ1) is 19.3. The highest BCUT2D eigenvalue weighted by Crippen LogP contribution is 2.23. The van der Waals surface area contributed by atoms with E-state index in [1.54, 1.807) is 4.68 Å². The number of halogens is 3. The number of nitrogens with zero attached hydrogens (tertiary/aromatic N) is 2. The van der Waals surface area contributed by atoms with Crippen LogP contribution in [0.4, 0.5) is 23.7 Å². The van der Waals surface area contributed by atoms with E-state index in [0.29, 0.717) is 18.7 Å². The number of para-hydroxylation sites is 1. The second-order valence-corrected chi connectivity index (χ2v) is 5.79. The van der Waals surface area contributed by atoms with E-state index in [1.807, 2.05) is 42.6 Å². The van der Waals surface area contributed by atoms with Crippen molar-refractivity contribution in [1.29, 1.82) is 0 Å². The van der Waals surface area contributed by atoms with Crippen molar-refractivity contribution >= 4 is 11.7 Å². The van der Waals surface area contributed by atoms with Gasteiger partial charge in [-0.25, -0.2) is 9.48 Å². The van der Waals surface area contributed by atoms with E-state index < -0.39 is 12.4 Å². The Kier molecular flexibility index (Phi) is 5.83. The lowest BCUT2D eigenvalue weighted by atomic mass is 10.3. The molecule has 0 saturated carbocycles. The third kappa shape index (κ3) is 5.76. The Labute approximate surface area is 158 Å². The number of aromatic nitrogens is 2. The number of nitrogens with one attached hydrogen (secondary N) is 2. The van der Waals surface area contributed by atoms with Crippen LogP contribution < -0.4 is 15.4 Å². The Morgan fingerprint density at radius 1 is 1.04 bits per heavy atom. The summed E-state index contributed by atoms with van der Waals surface area (Å²) < 4.78 is 41.9. The topological polar surface area (TPSA) is 68.2 Å². The highest BCUT2D eigenvalue weighted by atomic mass is 19.4. The van der Waals surface area contributed by atoms with Gasteiger partial charge in [0.25, 0.3) is 0 Å². The molecule has 1 heterocycles. The number of carbonyl (C=O) groups is 1. The molecule has 3 rings (SSSR count). The van der Waals surface area contributed by atoms with Gasteiger partial charge in [0.2, 0.25) is 0 Å². The van der Waals surface area contributed by atoms with Crippen LogP contribution in [0.5, 0.6) is 5.75 Å². The molecule has 0 radical (unpaired) electrons. The number of urea groups is 1. The largest absolute Gasteiger partial charge is 0.573 e. The van der Waals surface area contributed by atoms with Crippen LogP contribution in [0.25, 0.3) is 5.69 Å². The van der Waals surface area contributed by atoms with Crippen LogP contribution in [0.1, 0.15) is 5.69 Å². The lowest BCUT2D eigenvalue weighted by Crippen LogP contribution is -2.30. The number of ether oxygens (including phenoxy) is 1. The minimum absolute atomic E-state index is 0.348. The fourth-order valence-corrected chi connectivity index (χ4v) is 2.44. The van der Waals surface area contributed by atoms with Gasteiger partial charge in [0, 0.05) is 24.8 Å². The number of anilines is 1. The highest BCUT2D eigenvalue weighted by molar-refractivity contribution is 5.89. The van der Waals surface area contributed by atoms with Crippen molar-refractivity contribution in [1.82, 2.24) is 15.1 Å². The third-order valence-electron chi connectivity index (χ3n) is 3.68. The van der Waals surface area contributed by atoms with Crippen LogP contribution in [0.3, 0.4) is 0 Å². The number of hydrogen-bond acceptors (Lipinski definition) is 3. The molecule has 2 aromatic carbocycles. The second kappa shape index (κ2) is 8.47. The van der Waals surface area contributed by atoms with Gasteiger partial charge in [0.1, 0.15) is 5.75 Å². The number of amides is 2. The predicted molar refractivity (Wildman–Crippen MR) is 97.4 cm³/mol. The molecule has 0 saturated heterocycles. The van der Waals surface area contributed by atoms with Gasteiger partial charge in [-0.15, -0.1) is 13.2 Å². The second-order valence-electron chi connectivity index (χ2n) is 5.79. The molecule has 3 aromatic rings. The van der Waals surface area contributed by atoms with Crippen molar-refractivity contribution in [2.75, 3.05) is 11.9 Å². The average Bonchev–Trinajstić information content (AvgIpc) is 3.12. The van der Waals surface area contributed by atoms with Gasteiger partial charge in [-0.3, -0.25) is 0 Å². The van der Waals surface area contributed by atoms with Crippen LogP contribution in [0.15, 0.2) is 66.9 Å². The van der Waals surface area contributed by atoms with E-state index in [2.05, 4.69) is 20.5 Å². The summed E-state index contributed by atoms with van der Waals surface area (Å²) in [6, 6.07) is 15.9. The Balaban J connectivity index is 1.44. The molecule has 2 N–H and O–H groups in total. The van der Waals surface area contributed by atoms with Crippen LogP contribution >= 0.6 is 0 Å². The van der Waals surface area contributed by atoms with Crippen LogP contribution in [0.2, 0.25) is 0 Å². The summed E-state index contributed by atoms with van der Waals surface area (Å²) in [7, 11) is 0. The zero-order valence-corrected chi connectivity index (χ0v) is 14.6. The van der Waals surface area contributed by atoms with E-state index >= 15 is 0 Å². The minimum Gasteiger partial charge on any atom is -0.406 e. The molecule has 0 aliphatic heterocycles. The number of rotatable bonds is 6. The molecule has 2 amide bonds. The van der Waals surface area contributed by atoms with Crippen molar-refractivity contribution in [3.8, 4) is 11.4 Å². The molecule has 6 nitrogen and oxygen atoms in total. The van der Waals surface area contributed by atoms with E-state index in [-0.39, 0.29) is 5.75 Å². The average molecular weight is 390 g/mol. The molecular formula is C19H17F3N4O2. The molecule has 9 heteroatoms. The first-order valence-corrected chi connectivity index (χ1v) is 8.40. The van der Waals surface area contributed by atoms with E-state index in [1.165, 1.54) is 12.1 Å². The standard InChI is InChI=1S/C19H17F3N4O2/c20-19(21,22)28-17-8-6-14(7-9-17)24-18(27)23-12-10-15-11-13-26(25-15)16-4-2-1-3-5-16/h1-9,11,13H,10,12H2,(H2,23,24,27). The molecule has 0 spiro atoms. The normalized spacial score (nSPS) is 11.1. The summed E-state index contributed by atoms with van der Waals surface area (Å²) in [6.45, 7) is 0.354. The number of hydrogen-bond donors (Lipinski definition) is 2. The molecule has 0 fully saturated rings. The van der Waals surface area contributed by atoms with Crippen molar-refractivity contribution in [2.24, 2.45) is 0 Å². The quantitative estimate of drug-likeness (QED) is 0.665. The lowest BCUT2D eigenvalue weighted by Gasteiger charge is -2.10. The van der Waals surface area contributed by atoms with Gasteiger partial charge in [-0.2, -0.15) is 5.10 Å². The number of alkyl halides is 3. The molecule has 0 bridgehead atoms. The zero-order valence-electron chi connectivity index (χ0n) is 14.6. The summed E-state index contributed by atoms with van der Waals surface area (Å²) in [6.07, 6.45) is -2.37. The number of benzene rings is 2. The maximum absolute atomic E-state index is 12.1. The van der Waals surface area contributed by atoms with Gasteiger partial charge in [0.05, 0.1) is 11.4 Å². The molecule has 146 valence electrons. The number of carbonyl (C=O) groups excluding carboxylic acids is 1. The van der Waals surface area contributed by atoms with Gasteiger partial charge < -0.3 is 15.4 Å². The predicted octanol–water partition coefficient (Wildman–Crippen LogP) is 4.14. The van der Waals surface area contributed by atoms with Gasteiger partial charge in [0.15, 0.2) is 0 Å². The monoisotopic (exact) mass is 390 g/mol. The smallest absolute Gasteiger partial charge is 0.406 e. The summed E-state index contributed by atoms with van der Waals surface area (Å²) in [5.41, 5.74) is 2.11. The Morgan fingerprint density at radius 2 is 1.75 bits per heavy atom. The molecule has 1 aromatic heterocycles. The van der Waals surface area contributed by atoms with Crippen LogP contribution in [0, 0.1) is 0 Å². The van der Waals surface area contributed by atoms with E-state index in [0.717, 1.165) is 23.5 Å². The fourth-order valence-electron chi connectivity index (χ4n) is 2.44. The maximum Gasteiger partial charge on any atom is 0.573 e. The Hall–Kier alpha value is -3.49. The molecule has 0 aliphatic rings. The SMILES string of the molecule is O=C(NCCc1ccn(-c2ccccc2)n1)Nc1ccc(OC(F)(F)F)cc1. The van der Waals surface area contributed by atoms with Crippen LogP contribution in [-0.4, -0.2) is 28.7 Å². The summed E-state index contributed by atoms with van der Waals surface area (Å²) >= 11 is 0. The van der Waals surface area contributed by atoms with E-state index in [4.69, 9.17) is 0 Å². The van der Waals surface area contributed by atoms with Gasteiger partial charge in [-0.1, -0.05) is 18.2 Å². The summed E-state index contributed by atoms with van der Waals surface area (Å²) in [5.74, 6) is -0.354. The Bertz CT molecular complexity index is 909. The van der Waals surface area contributed by atoms with Gasteiger partial charge >= 0.3 is 12.4 Å². The molecule has 28 heavy (non-hydrogen) atoms. The van der Waals surface area contributed by atoms with Crippen molar-refractivity contribution in [3.05, 3.63) is 72.6 Å². The summed E-state index contributed by atoms with van der Waals surface area (Å²) in [4.78, 5) is 11.9. The lowest BCUT2D eigenvalue weighted by molar-refractivity contribution is -0.274. The molecule has 0 atom stereocenters. The van der Waals surface area contributed by atoms with Crippen molar-refractivity contribution in [2.45, 2.75) is 12.8 Å². The first-order valence-electron chi connectivity index (χ1n) is 8.40. The maximum atomic E-state index is 12.1. The minimum atomic E-state index is -4.75. The molecule has 0 aliphatic carbocycles. The third-order valence-corrected chi connectivity index (χ3v) is 3.68. The van der Waals surface area contributed by atoms with E-state index in [9.17, 15) is 18.0 Å². The summed E-state index contributed by atoms with van der Waals surface area (Å²) in [5, 5.41) is 9.65. The first-order chi connectivity index (χ1) is 13.4.